The first-order chi connectivity index (χ1) is 13.8. The SMILES string of the molecule is Oc1c(CN2CCCC2)ncc2c1COC2(c1ccccc1)c1ccccc1. The zero-order valence-corrected chi connectivity index (χ0v) is 15.8. The number of hydrogen-bond acceptors (Lipinski definition) is 4. The zero-order chi connectivity index (χ0) is 19.0. The van der Waals surface area contributed by atoms with E-state index in [1.165, 1.54) is 12.8 Å². The fourth-order valence-corrected chi connectivity index (χ4v) is 4.55. The van der Waals surface area contributed by atoms with Crippen LogP contribution >= 0.6 is 0 Å². The lowest BCUT2D eigenvalue weighted by Gasteiger charge is -2.31. The maximum absolute atomic E-state index is 11.0. The largest absolute Gasteiger partial charge is 0.506 e. The van der Waals surface area contributed by atoms with Crippen LogP contribution in [-0.4, -0.2) is 28.1 Å². The number of likely N-dealkylation sites (tertiary alicyclic amines) is 1. The third-order valence-electron chi connectivity index (χ3n) is 5.98. The molecule has 0 atom stereocenters. The third-order valence-corrected chi connectivity index (χ3v) is 5.98. The standard InChI is InChI=1S/C24H24N2O2/c27-23-20-17-28-24(18-9-3-1-4-10-18,19-11-5-2-6-12-19)21(20)15-25-22(23)16-26-13-7-8-14-26/h1-6,9-12,15,27H,7-8,13-14,16-17H2. The van der Waals surface area contributed by atoms with E-state index in [4.69, 9.17) is 4.74 Å². The van der Waals surface area contributed by atoms with Crippen molar-refractivity contribution in [1.82, 2.24) is 9.88 Å². The summed E-state index contributed by atoms with van der Waals surface area (Å²) in [5.74, 6) is 0.290. The molecule has 1 fully saturated rings. The molecule has 0 unspecified atom stereocenters. The second-order valence-corrected chi connectivity index (χ2v) is 7.63. The quantitative estimate of drug-likeness (QED) is 0.745. The lowest BCUT2D eigenvalue weighted by atomic mass is 9.80. The molecule has 3 aromatic rings. The van der Waals surface area contributed by atoms with E-state index in [2.05, 4.69) is 34.1 Å². The molecule has 2 aliphatic rings. The number of benzene rings is 2. The summed E-state index contributed by atoms with van der Waals surface area (Å²) >= 11 is 0. The van der Waals surface area contributed by atoms with E-state index < -0.39 is 5.60 Å². The molecule has 0 aliphatic carbocycles. The Labute approximate surface area is 165 Å². The molecular formula is C24H24N2O2. The maximum atomic E-state index is 11.0. The van der Waals surface area contributed by atoms with E-state index in [9.17, 15) is 5.11 Å². The third kappa shape index (κ3) is 2.72. The number of ether oxygens (including phenoxy) is 1. The number of hydrogen-bond donors (Lipinski definition) is 1. The van der Waals surface area contributed by atoms with Gasteiger partial charge in [-0.05, 0) is 37.1 Å². The highest BCUT2D eigenvalue weighted by atomic mass is 16.5. The Morgan fingerprint density at radius 3 is 2.14 bits per heavy atom. The molecule has 0 saturated carbocycles. The molecule has 0 amide bonds. The van der Waals surface area contributed by atoms with Crippen molar-refractivity contribution in [2.45, 2.75) is 31.6 Å². The average molecular weight is 372 g/mol. The van der Waals surface area contributed by atoms with Crippen LogP contribution in [0.3, 0.4) is 0 Å². The van der Waals surface area contributed by atoms with Crippen molar-refractivity contribution in [3.8, 4) is 5.75 Å². The van der Waals surface area contributed by atoms with Crippen LogP contribution in [0.4, 0.5) is 0 Å². The first-order valence-electron chi connectivity index (χ1n) is 9.96. The highest BCUT2D eigenvalue weighted by Crippen LogP contribution is 2.49. The summed E-state index contributed by atoms with van der Waals surface area (Å²) in [5, 5.41) is 11.0. The van der Waals surface area contributed by atoms with Crippen molar-refractivity contribution in [1.29, 1.82) is 0 Å². The van der Waals surface area contributed by atoms with E-state index in [-0.39, 0.29) is 5.75 Å². The van der Waals surface area contributed by atoms with Crippen LogP contribution in [0.25, 0.3) is 0 Å². The minimum absolute atomic E-state index is 0.290. The van der Waals surface area contributed by atoms with E-state index >= 15 is 0 Å². The van der Waals surface area contributed by atoms with Gasteiger partial charge in [-0.1, -0.05) is 60.7 Å². The van der Waals surface area contributed by atoms with Gasteiger partial charge in [0.1, 0.15) is 11.4 Å². The summed E-state index contributed by atoms with van der Waals surface area (Å²) in [4.78, 5) is 7.04. The van der Waals surface area contributed by atoms with Gasteiger partial charge in [0, 0.05) is 23.9 Å². The number of pyridine rings is 1. The predicted octanol–water partition coefficient (Wildman–Crippen LogP) is 4.21. The number of aromatic nitrogens is 1. The Bertz CT molecular complexity index is 927. The Kier molecular flexibility index (Phi) is 4.38. The summed E-state index contributed by atoms with van der Waals surface area (Å²) in [6.07, 6.45) is 4.35. The molecule has 4 heteroatoms. The van der Waals surface area contributed by atoms with Gasteiger partial charge >= 0.3 is 0 Å². The topological polar surface area (TPSA) is 45.6 Å². The van der Waals surface area contributed by atoms with Gasteiger partial charge in [0.25, 0.3) is 0 Å². The van der Waals surface area contributed by atoms with Crippen molar-refractivity contribution in [2.75, 3.05) is 13.1 Å². The van der Waals surface area contributed by atoms with E-state index in [0.29, 0.717) is 13.2 Å². The Balaban J connectivity index is 1.64. The maximum Gasteiger partial charge on any atom is 0.146 e. The lowest BCUT2D eigenvalue weighted by molar-refractivity contribution is 0.0263. The minimum Gasteiger partial charge on any atom is -0.506 e. The van der Waals surface area contributed by atoms with Crippen molar-refractivity contribution in [3.05, 3.63) is 94.8 Å². The molecule has 5 rings (SSSR count). The van der Waals surface area contributed by atoms with Gasteiger partial charge in [-0.2, -0.15) is 0 Å². The van der Waals surface area contributed by atoms with Gasteiger partial charge in [0.05, 0.1) is 12.3 Å². The van der Waals surface area contributed by atoms with E-state index in [1.807, 2.05) is 42.6 Å². The van der Waals surface area contributed by atoms with Gasteiger partial charge < -0.3 is 9.84 Å². The Morgan fingerprint density at radius 1 is 0.929 bits per heavy atom. The summed E-state index contributed by atoms with van der Waals surface area (Å²) in [7, 11) is 0. The van der Waals surface area contributed by atoms with Crippen LogP contribution in [0.15, 0.2) is 66.9 Å². The number of rotatable bonds is 4. The summed E-state index contributed by atoms with van der Waals surface area (Å²) in [5.41, 5.74) is 3.90. The molecule has 142 valence electrons. The van der Waals surface area contributed by atoms with Crippen molar-refractivity contribution >= 4 is 0 Å². The molecule has 3 heterocycles. The molecular weight excluding hydrogens is 348 g/mol. The number of nitrogens with zero attached hydrogens (tertiary/aromatic N) is 2. The van der Waals surface area contributed by atoms with Crippen LogP contribution in [0.1, 0.15) is 40.8 Å². The van der Waals surface area contributed by atoms with Crippen molar-refractivity contribution in [2.24, 2.45) is 0 Å². The Morgan fingerprint density at radius 2 is 1.54 bits per heavy atom. The van der Waals surface area contributed by atoms with Crippen LogP contribution in [0, 0.1) is 0 Å². The van der Waals surface area contributed by atoms with Gasteiger partial charge in [0.15, 0.2) is 0 Å². The van der Waals surface area contributed by atoms with Gasteiger partial charge in [-0.25, -0.2) is 0 Å². The fourth-order valence-electron chi connectivity index (χ4n) is 4.55. The fraction of sp³-hybridized carbons (Fsp3) is 0.292. The molecule has 1 aromatic heterocycles. The normalized spacial score (nSPS) is 18.3. The second kappa shape index (κ2) is 7.04. The first-order valence-corrected chi connectivity index (χ1v) is 9.96. The van der Waals surface area contributed by atoms with Crippen molar-refractivity contribution < 1.29 is 9.84 Å². The number of fused-ring (bicyclic) bond motifs is 1. The second-order valence-electron chi connectivity index (χ2n) is 7.63. The molecule has 28 heavy (non-hydrogen) atoms. The van der Waals surface area contributed by atoms with Gasteiger partial charge in [0.2, 0.25) is 0 Å². The minimum atomic E-state index is -0.742. The van der Waals surface area contributed by atoms with Gasteiger partial charge in [-0.15, -0.1) is 0 Å². The smallest absolute Gasteiger partial charge is 0.146 e. The van der Waals surface area contributed by atoms with Crippen molar-refractivity contribution in [3.63, 3.8) is 0 Å². The summed E-state index contributed by atoms with van der Waals surface area (Å²) in [6, 6.07) is 20.4. The highest BCUT2D eigenvalue weighted by Gasteiger charge is 2.45. The van der Waals surface area contributed by atoms with E-state index in [0.717, 1.165) is 41.0 Å². The average Bonchev–Trinajstić information content (AvgIpc) is 3.40. The molecule has 0 bridgehead atoms. The molecule has 0 radical (unpaired) electrons. The summed E-state index contributed by atoms with van der Waals surface area (Å²) < 4.78 is 6.48. The number of aromatic hydroxyl groups is 1. The van der Waals surface area contributed by atoms with Crippen LogP contribution in [0.2, 0.25) is 0 Å². The molecule has 0 spiro atoms. The van der Waals surface area contributed by atoms with Crippen LogP contribution in [-0.2, 0) is 23.5 Å². The highest BCUT2D eigenvalue weighted by molar-refractivity contribution is 5.56. The summed E-state index contributed by atoms with van der Waals surface area (Å²) in [6.45, 7) is 3.22. The Hall–Kier alpha value is -2.69. The van der Waals surface area contributed by atoms with Crippen LogP contribution in [0.5, 0.6) is 5.75 Å². The van der Waals surface area contributed by atoms with Crippen LogP contribution < -0.4 is 0 Å². The first kappa shape index (κ1) is 17.4. The van der Waals surface area contributed by atoms with E-state index in [1.54, 1.807) is 0 Å². The molecule has 2 aliphatic heterocycles. The molecule has 4 nitrogen and oxygen atoms in total. The van der Waals surface area contributed by atoms with Gasteiger partial charge in [-0.3, -0.25) is 9.88 Å². The molecule has 1 N–H and O–H groups in total. The molecule has 2 aromatic carbocycles. The molecule has 1 saturated heterocycles. The predicted molar refractivity (Wildman–Crippen MR) is 108 cm³/mol. The lowest BCUT2D eigenvalue weighted by Crippen LogP contribution is -2.28. The monoisotopic (exact) mass is 372 g/mol. The zero-order valence-electron chi connectivity index (χ0n) is 15.8.